The topological polar surface area (TPSA) is 84.9 Å². The van der Waals surface area contributed by atoms with Crippen LogP contribution in [0.15, 0.2) is 39.9 Å². The van der Waals surface area contributed by atoms with E-state index < -0.39 is 10.0 Å². The third kappa shape index (κ3) is 5.58. The van der Waals surface area contributed by atoms with Gasteiger partial charge in [0.25, 0.3) is 10.0 Å². The quantitative estimate of drug-likeness (QED) is 0.607. The van der Waals surface area contributed by atoms with Crippen molar-refractivity contribution < 1.29 is 22.7 Å². The average molecular weight is 467 g/mol. The van der Waals surface area contributed by atoms with Crippen molar-refractivity contribution in [2.75, 3.05) is 26.3 Å². The van der Waals surface area contributed by atoms with Crippen LogP contribution in [-0.2, 0) is 14.8 Å². The van der Waals surface area contributed by atoms with Crippen LogP contribution in [0.2, 0.25) is 0 Å². The minimum atomic E-state index is -3.55. The van der Waals surface area contributed by atoms with Crippen LogP contribution in [0.1, 0.15) is 45.2 Å². The zero-order valence-corrected chi connectivity index (χ0v) is 19.8. The fraction of sp³-hybridized carbons (Fsp3) is 0.500. The molecule has 0 aliphatic carbocycles. The molecule has 1 N–H and O–H groups in total. The van der Waals surface area contributed by atoms with E-state index in [1.54, 1.807) is 17.5 Å². The Kier molecular flexibility index (Phi) is 7.96. The molecule has 1 aliphatic heterocycles. The summed E-state index contributed by atoms with van der Waals surface area (Å²) in [6, 6.07) is 8.73. The second kappa shape index (κ2) is 10.5. The maximum Gasteiger partial charge on any atom is 0.252 e. The van der Waals surface area contributed by atoms with Gasteiger partial charge in [-0.3, -0.25) is 4.79 Å². The molecule has 1 amide bonds. The summed E-state index contributed by atoms with van der Waals surface area (Å²) in [4.78, 5) is 12.9. The first-order valence-corrected chi connectivity index (χ1v) is 12.9. The Labute approximate surface area is 188 Å². The maximum atomic E-state index is 12.9. The van der Waals surface area contributed by atoms with Gasteiger partial charge in [-0.25, -0.2) is 8.42 Å². The number of carbonyl (C=O) groups excluding carboxylic acids is 1. The summed E-state index contributed by atoms with van der Waals surface area (Å²) < 4.78 is 38.7. The Morgan fingerprint density at radius 3 is 2.65 bits per heavy atom. The van der Waals surface area contributed by atoms with Gasteiger partial charge in [0.1, 0.15) is 4.21 Å². The average Bonchev–Trinajstić information content (AvgIpc) is 3.31. The summed E-state index contributed by atoms with van der Waals surface area (Å²) in [5.74, 6) is 0.813. The molecule has 1 fully saturated rings. The highest BCUT2D eigenvalue weighted by molar-refractivity contribution is 7.91. The molecule has 0 radical (unpaired) electrons. The van der Waals surface area contributed by atoms with E-state index in [0.717, 1.165) is 5.56 Å². The summed E-state index contributed by atoms with van der Waals surface area (Å²) in [6.07, 6.45) is 1.33. The Morgan fingerprint density at radius 1 is 1.23 bits per heavy atom. The molecule has 9 heteroatoms. The van der Waals surface area contributed by atoms with Crippen molar-refractivity contribution in [3.05, 3.63) is 41.3 Å². The lowest BCUT2D eigenvalue weighted by molar-refractivity contribution is -0.126. The number of carbonyl (C=O) groups is 1. The predicted molar refractivity (Wildman–Crippen MR) is 121 cm³/mol. The lowest BCUT2D eigenvalue weighted by Crippen LogP contribution is -2.45. The first-order valence-electron chi connectivity index (χ1n) is 10.6. The lowest BCUT2D eigenvalue weighted by atomic mass is 9.98. The number of amides is 1. The van der Waals surface area contributed by atoms with Crippen molar-refractivity contribution in [3.63, 3.8) is 0 Å². The Bertz CT molecular complexity index is 976. The van der Waals surface area contributed by atoms with Crippen LogP contribution in [0.25, 0.3) is 0 Å². The molecule has 0 saturated carbocycles. The highest BCUT2D eigenvalue weighted by Crippen LogP contribution is 2.31. The third-order valence-electron chi connectivity index (χ3n) is 5.27. The van der Waals surface area contributed by atoms with Gasteiger partial charge >= 0.3 is 0 Å². The molecule has 1 aromatic carbocycles. The smallest absolute Gasteiger partial charge is 0.252 e. The molecule has 2 heterocycles. The van der Waals surface area contributed by atoms with E-state index in [1.807, 2.05) is 39.0 Å². The fourth-order valence-corrected chi connectivity index (χ4v) is 6.33. The van der Waals surface area contributed by atoms with E-state index in [9.17, 15) is 13.2 Å². The predicted octanol–water partition coefficient (Wildman–Crippen LogP) is 3.82. The van der Waals surface area contributed by atoms with Crippen LogP contribution < -0.4 is 14.8 Å². The van der Waals surface area contributed by atoms with Crippen LogP contribution in [0.4, 0.5) is 0 Å². The van der Waals surface area contributed by atoms with Crippen molar-refractivity contribution in [1.82, 2.24) is 9.62 Å². The minimum absolute atomic E-state index is 0.134. The molecular weight excluding hydrogens is 436 g/mol. The first kappa shape index (κ1) is 23.6. The summed E-state index contributed by atoms with van der Waals surface area (Å²) in [5, 5.41) is 4.79. The van der Waals surface area contributed by atoms with Crippen LogP contribution in [0.5, 0.6) is 11.5 Å². The number of thiophene rings is 1. The van der Waals surface area contributed by atoms with Crippen LogP contribution in [-0.4, -0.2) is 44.9 Å². The molecule has 1 aromatic heterocycles. The number of piperidine rings is 1. The molecule has 3 rings (SSSR count). The third-order valence-corrected chi connectivity index (χ3v) is 8.51. The Morgan fingerprint density at radius 2 is 1.97 bits per heavy atom. The summed E-state index contributed by atoms with van der Waals surface area (Å²) in [5.41, 5.74) is 0.902. The van der Waals surface area contributed by atoms with Gasteiger partial charge in [0.15, 0.2) is 11.5 Å². The van der Waals surface area contributed by atoms with Crippen molar-refractivity contribution in [2.24, 2.45) is 5.92 Å². The molecule has 31 heavy (non-hydrogen) atoms. The number of hydrogen-bond acceptors (Lipinski definition) is 6. The molecule has 0 unspecified atom stereocenters. The van der Waals surface area contributed by atoms with Gasteiger partial charge in [0.2, 0.25) is 5.91 Å². The van der Waals surface area contributed by atoms with Gasteiger partial charge in [-0.05, 0) is 62.8 Å². The number of nitrogens with one attached hydrogen (secondary N) is 1. The molecule has 0 spiro atoms. The van der Waals surface area contributed by atoms with Crippen LogP contribution in [0.3, 0.4) is 0 Å². The van der Waals surface area contributed by atoms with Gasteiger partial charge in [0, 0.05) is 13.1 Å². The van der Waals surface area contributed by atoms with E-state index >= 15 is 0 Å². The van der Waals surface area contributed by atoms with Crippen molar-refractivity contribution >= 4 is 27.3 Å². The molecule has 2 aromatic rings. The van der Waals surface area contributed by atoms with Gasteiger partial charge in [-0.15, -0.1) is 11.3 Å². The fourth-order valence-electron chi connectivity index (χ4n) is 3.66. The van der Waals surface area contributed by atoms with Crippen LogP contribution in [0, 0.1) is 5.92 Å². The van der Waals surface area contributed by atoms with E-state index in [-0.39, 0.29) is 24.4 Å². The molecule has 1 saturated heterocycles. The molecule has 1 aliphatic rings. The van der Waals surface area contributed by atoms with E-state index in [4.69, 9.17) is 9.47 Å². The molecular formula is C22H30N2O5S2. The number of benzene rings is 1. The number of sulfonamides is 1. The van der Waals surface area contributed by atoms with Gasteiger partial charge in [-0.1, -0.05) is 12.1 Å². The summed E-state index contributed by atoms with van der Waals surface area (Å²) in [6.45, 7) is 7.43. The number of hydrogen-bond donors (Lipinski definition) is 1. The van der Waals surface area contributed by atoms with E-state index in [0.29, 0.717) is 48.3 Å². The largest absolute Gasteiger partial charge is 0.490 e. The number of nitrogens with zero attached hydrogens (tertiary/aromatic N) is 1. The zero-order chi connectivity index (χ0) is 22.4. The number of ether oxygens (including phenoxy) is 2. The van der Waals surface area contributed by atoms with E-state index in [1.165, 1.54) is 15.6 Å². The number of rotatable bonds is 9. The van der Waals surface area contributed by atoms with Gasteiger partial charge in [0.05, 0.1) is 25.2 Å². The summed E-state index contributed by atoms with van der Waals surface area (Å²) >= 11 is 1.20. The molecule has 7 nitrogen and oxygen atoms in total. The minimum Gasteiger partial charge on any atom is -0.490 e. The van der Waals surface area contributed by atoms with E-state index in [2.05, 4.69) is 5.32 Å². The Balaban J connectivity index is 1.67. The highest BCUT2D eigenvalue weighted by Gasteiger charge is 2.34. The van der Waals surface area contributed by atoms with Gasteiger partial charge in [-0.2, -0.15) is 4.31 Å². The van der Waals surface area contributed by atoms with Crippen molar-refractivity contribution in [3.8, 4) is 11.5 Å². The summed E-state index contributed by atoms with van der Waals surface area (Å²) in [7, 11) is -3.55. The van der Waals surface area contributed by atoms with Crippen molar-refractivity contribution in [1.29, 1.82) is 0 Å². The maximum absolute atomic E-state index is 12.9. The van der Waals surface area contributed by atoms with Crippen LogP contribution >= 0.6 is 11.3 Å². The molecule has 170 valence electrons. The van der Waals surface area contributed by atoms with Gasteiger partial charge < -0.3 is 14.8 Å². The normalized spacial score (nSPS) is 18.4. The molecule has 0 bridgehead atoms. The standard InChI is InChI=1S/C22H30N2O5S2/c1-4-28-19-11-10-17(14-20(19)29-5-2)16(3)23-22(25)18-8-6-12-24(15-18)31(26,27)21-9-7-13-30-21/h7,9-11,13-14,16,18H,4-6,8,12,15H2,1-3H3,(H,23,25)/t16-,18+/m1/s1. The second-order valence-electron chi connectivity index (χ2n) is 7.44. The second-order valence-corrected chi connectivity index (χ2v) is 10.5. The van der Waals surface area contributed by atoms with Crippen molar-refractivity contribution in [2.45, 2.75) is 43.9 Å². The highest BCUT2D eigenvalue weighted by atomic mass is 32.2. The first-order chi connectivity index (χ1) is 14.9. The monoisotopic (exact) mass is 466 g/mol. The Hall–Kier alpha value is -2.10. The lowest BCUT2D eigenvalue weighted by Gasteiger charge is -2.31. The SMILES string of the molecule is CCOc1ccc([C@@H](C)NC(=O)[C@H]2CCCN(S(=O)(=O)c3cccs3)C2)cc1OCC. The molecule has 2 atom stereocenters. The zero-order valence-electron chi connectivity index (χ0n) is 18.2.